The summed E-state index contributed by atoms with van der Waals surface area (Å²) in [5.74, 6) is 2.63. The number of amides is 2. The number of urea groups is 1. The van der Waals surface area contributed by atoms with Crippen molar-refractivity contribution in [2.45, 2.75) is 0 Å². The Morgan fingerprint density at radius 2 is 2.05 bits per heavy atom. The van der Waals surface area contributed by atoms with Gasteiger partial charge >= 0.3 is 12.0 Å². The molecule has 0 saturated carbocycles. The normalized spacial score (nSPS) is 9.71. The van der Waals surface area contributed by atoms with Crippen molar-refractivity contribution in [3.8, 4) is 12.3 Å². The molecule has 21 heavy (non-hydrogen) atoms. The molecule has 1 rings (SSSR count). The van der Waals surface area contributed by atoms with Gasteiger partial charge in [0.25, 0.3) is 0 Å². The fraction of sp³-hybridized carbons (Fsp3) is 0.286. The Balaban J connectivity index is 2.64. The highest BCUT2D eigenvalue weighted by Gasteiger charge is 2.18. The third-order valence-corrected chi connectivity index (χ3v) is 3.50. The number of nitrogens with one attached hydrogen (secondary N) is 1. The maximum absolute atomic E-state index is 12.1. The van der Waals surface area contributed by atoms with Gasteiger partial charge in [-0.3, -0.25) is 9.69 Å². The monoisotopic (exact) mass is 326 g/mol. The summed E-state index contributed by atoms with van der Waals surface area (Å²) < 4.78 is 0. The third-order valence-electron chi connectivity index (χ3n) is 2.38. The lowest BCUT2D eigenvalue weighted by molar-refractivity contribution is -0.135. The second-order valence-electron chi connectivity index (χ2n) is 3.94. The first-order valence-electron chi connectivity index (χ1n) is 6.08. The number of carboxylic acids is 1. The molecule has 112 valence electrons. The Morgan fingerprint density at radius 3 is 2.62 bits per heavy atom. The van der Waals surface area contributed by atoms with E-state index in [0.717, 1.165) is 4.90 Å². The van der Waals surface area contributed by atoms with Crippen molar-refractivity contribution in [1.82, 2.24) is 5.32 Å². The molecular weight excluding hydrogens is 312 g/mol. The van der Waals surface area contributed by atoms with Crippen LogP contribution in [-0.2, 0) is 4.79 Å². The van der Waals surface area contributed by atoms with Crippen LogP contribution in [0.2, 0.25) is 5.02 Å². The molecule has 0 bridgehead atoms. The lowest BCUT2D eigenvalue weighted by Crippen LogP contribution is -2.43. The topological polar surface area (TPSA) is 69.6 Å². The first kappa shape index (κ1) is 17.2. The molecule has 0 saturated heterocycles. The van der Waals surface area contributed by atoms with Crippen molar-refractivity contribution < 1.29 is 14.7 Å². The SMILES string of the molecule is C#CCSCCNC(=O)N(CC(=O)O)c1ccc(Cl)cc1. The maximum atomic E-state index is 12.1. The molecule has 0 aromatic heterocycles. The van der Waals surface area contributed by atoms with E-state index in [1.54, 1.807) is 24.3 Å². The maximum Gasteiger partial charge on any atom is 0.323 e. The number of halogens is 1. The van der Waals surface area contributed by atoms with Gasteiger partial charge in [0, 0.05) is 23.0 Å². The van der Waals surface area contributed by atoms with Crippen LogP contribution in [0.4, 0.5) is 10.5 Å². The molecule has 0 heterocycles. The molecule has 2 N–H and O–H groups in total. The molecule has 0 aliphatic carbocycles. The van der Waals surface area contributed by atoms with Crippen LogP contribution in [0, 0.1) is 12.3 Å². The summed E-state index contributed by atoms with van der Waals surface area (Å²) in [7, 11) is 0. The average Bonchev–Trinajstić information content (AvgIpc) is 2.45. The number of thioether (sulfide) groups is 1. The summed E-state index contributed by atoms with van der Waals surface area (Å²) in [5.41, 5.74) is 0.468. The third kappa shape index (κ3) is 6.43. The number of anilines is 1. The number of hydrogen-bond acceptors (Lipinski definition) is 3. The van der Waals surface area contributed by atoms with Gasteiger partial charge < -0.3 is 10.4 Å². The van der Waals surface area contributed by atoms with Crippen LogP contribution in [0.3, 0.4) is 0 Å². The van der Waals surface area contributed by atoms with Gasteiger partial charge in [0.15, 0.2) is 0 Å². The number of aliphatic carboxylic acids is 1. The summed E-state index contributed by atoms with van der Waals surface area (Å²) in [6, 6.07) is 5.92. The quantitative estimate of drug-likeness (QED) is 0.596. The highest BCUT2D eigenvalue weighted by molar-refractivity contribution is 7.99. The van der Waals surface area contributed by atoms with Gasteiger partial charge in [-0.15, -0.1) is 18.2 Å². The highest BCUT2D eigenvalue weighted by Crippen LogP contribution is 2.18. The minimum Gasteiger partial charge on any atom is -0.480 e. The molecule has 0 atom stereocenters. The second kappa shape index (κ2) is 9.16. The van der Waals surface area contributed by atoms with E-state index >= 15 is 0 Å². The van der Waals surface area contributed by atoms with Gasteiger partial charge in [-0.05, 0) is 24.3 Å². The zero-order valence-corrected chi connectivity index (χ0v) is 12.8. The zero-order valence-electron chi connectivity index (χ0n) is 11.2. The first-order valence-corrected chi connectivity index (χ1v) is 7.61. The molecule has 0 aliphatic rings. The Labute approximate surface area is 132 Å². The number of nitrogens with zero attached hydrogens (tertiary/aromatic N) is 1. The predicted octanol–water partition coefficient (Wildman–Crippen LogP) is 2.31. The Morgan fingerprint density at radius 1 is 1.38 bits per heavy atom. The summed E-state index contributed by atoms with van der Waals surface area (Å²) in [6.07, 6.45) is 5.12. The van der Waals surface area contributed by atoms with Gasteiger partial charge in [-0.2, -0.15) is 0 Å². The van der Waals surface area contributed by atoms with E-state index < -0.39 is 18.5 Å². The Hall–Kier alpha value is -1.84. The molecule has 5 nitrogen and oxygen atoms in total. The number of terminal acetylenes is 1. The van der Waals surface area contributed by atoms with E-state index in [4.69, 9.17) is 23.1 Å². The Bertz CT molecular complexity index is 528. The van der Waals surface area contributed by atoms with Crippen molar-refractivity contribution in [2.75, 3.05) is 29.5 Å². The number of benzene rings is 1. The van der Waals surface area contributed by atoms with Gasteiger partial charge in [0.2, 0.25) is 0 Å². The molecule has 0 radical (unpaired) electrons. The summed E-state index contributed by atoms with van der Waals surface area (Å²) in [6.45, 7) is -0.0140. The minimum absolute atomic E-state index is 0.412. The molecule has 0 spiro atoms. The number of carboxylic acid groups (broad SMARTS) is 1. The highest BCUT2D eigenvalue weighted by atomic mass is 35.5. The smallest absolute Gasteiger partial charge is 0.323 e. The summed E-state index contributed by atoms with van der Waals surface area (Å²) in [5, 5.41) is 12.1. The fourth-order valence-corrected chi connectivity index (χ4v) is 2.13. The van der Waals surface area contributed by atoms with Crippen molar-refractivity contribution in [3.05, 3.63) is 29.3 Å². The van der Waals surface area contributed by atoms with E-state index in [0.29, 0.717) is 28.8 Å². The molecule has 2 amide bonds. The molecule has 0 unspecified atom stereocenters. The molecule has 0 aliphatic heterocycles. The minimum atomic E-state index is -1.10. The molecule has 1 aromatic rings. The van der Waals surface area contributed by atoms with Crippen molar-refractivity contribution in [3.63, 3.8) is 0 Å². The number of hydrogen-bond donors (Lipinski definition) is 2. The fourth-order valence-electron chi connectivity index (χ4n) is 1.49. The van der Waals surface area contributed by atoms with Crippen LogP contribution in [-0.4, -0.2) is 41.7 Å². The van der Waals surface area contributed by atoms with E-state index in [1.807, 2.05) is 0 Å². The molecule has 0 fully saturated rings. The van der Waals surface area contributed by atoms with Crippen molar-refractivity contribution in [2.24, 2.45) is 0 Å². The van der Waals surface area contributed by atoms with Gasteiger partial charge in [-0.25, -0.2) is 4.79 Å². The van der Waals surface area contributed by atoms with Crippen molar-refractivity contribution in [1.29, 1.82) is 0 Å². The number of carbonyl (C=O) groups is 2. The standard InChI is InChI=1S/C14H15ClN2O3S/c1-2-8-21-9-7-16-14(20)17(10-13(18)19)12-5-3-11(15)4-6-12/h1,3-6H,7-10H2,(H,16,20)(H,18,19). The van der Waals surface area contributed by atoms with Crippen LogP contribution in [0.1, 0.15) is 0 Å². The van der Waals surface area contributed by atoms with Crippen LogP contribution in [0.15, 0.2) is 24.3 Å². The van der Waals surface area contributed by atoms with E-state index in [-0.39, 0.29) is 0 Å². The van der Waals surface area contributed by atoms with E-state index in [9.17, 15) is 9.59 Å². The number of carbonyl (C=O) groups excluding carboxylic acids is 1. The second-order valence-corrected chi connectivity index (χ2v) is 5.49. The van der Waals surface area contributed by atoms with Crippen LogP contribution >= 0.6 is 23.4 Å². The van der Waals surface area contributed by atoms with Gasteiger partial charge in [-0.1, -0.05) is 17.5 Å². The lowest BCUT2D eigenvalue weighted by Gasteiger charge is -2.21. The van der Waals surface area contributed by atoms with Crippen LogP contribution in [0.5, 0.6) is 0 Å². The van der Waals surface area contributed by atoms with Crippen LogP contribution < -0.4 is 10.2 Å². The van der Waals surface area contributed by atoms with E-state index in [1.165, 1.54) is 11.8 Å². The van der Waals surface area contributed by atoms with Gasteiger partial charge in [0.05, 0.1) is 5.75 Å². The summed E-state index contributed by atoms with van der Waals surface area (Å²) in [4.78, 5) is 24.1. The van der Waals surface area contributed by atoms with Gasteiger partial charge in [0.1, 0.15) is 6.54 Å². The molecular formula is C14H15ClN2O3S. The lowest BCUT2D eigenvalue weighted by atomic mass is 10.3. The average molecular weight is 327 g/mol. The van der Waals surface area contributed by atoms with Crippen LogP contribution in [0.25, 0.3) is 0 Å². The Kier molecular flexibility index (Phi) is 7.51. The molecule has 1 aromatic carbocycles. The largest absolute Gasteiger partial charge is 0.480 e. The molecule has 7 heteroatoms. The van der Waals surface area contributed by atoms with Crippen molar-refractivity contribution >= 4 is 41.1 Å². The summed E-state index contributed by atoms with van der Waals surface area (Å²) >= 11 is 7.29. The predicted molar refractivity (Wildman–Crippen MR) is 86.0 cm³/mol. The first-order chi connectivity index (χ1) is 10.0. The van der Waals surface area contributed by atoms with E-state index in [2.05, 4.69) is 11.2 Å². The number of rotatable bonds is 7. The zero-order chi connectivity index (χ0) is 15.7.